The van der Waals surface area contributed by atoms with Crippen molar-refractivity contribution in [1.29, 1.82) is 0 Å². The highest BCUT2D eigenvalue weighted by molar-refractivity contribution is 6.02. The van der Waals surface area contributed by atoms with E-state index in [0.717, 1.165) is 24.3 Å². The normalized spacial score (nSPS) is 16.9. The predicted molar refractivity (Wildman–Crippen MR) is 107 cm³/mol. The molecule has 152 valence electrons. The van der Waals surface area contributed by atoms with Crippen LogP contribution in [0, 0.1) is 5.41 Å². The summed E-state index contributed by atoms with van der Waals surface area (Å²) >= 11 is 0. The van der Waals surface area contributed by atoms with Gasteiger partial charge in [0, 0.05) is 11.4 Å². The van der Waals surface area contributed by atoms with Crippen LogP contribution in [0.5, 0.6) is 5.75 Å². The summed E-state index contributed by atoms with van der Waals surface area (Å²) in [6.07, 6.45) is 3.46. The zero-order valence-corrected chi connectivity index (χ0v) is 17.1. The van der Waals surface area contributed by atoms with Crippen LogP contribution < -0.4 is 10.1 Å². The van der Waals surface area contributed by atoms with Gasteiger partial charge in [-0.15, -0.1) is 0 Å². The van der Waals surface area contributed by atoms with E-state index in [1.54, 1.807) is 25.1 Å². The van der Waals surface area contributed by atoms with Crippen molar-refractivity contribution in [1.82, 2.24) is 5.32 Å². The van der Waals surface area contributed by atoms with Crippen molar-refractivity contribution < 1.29 is 23.8 Å². The van der Waals surface area contributed by atoms with E-state index in [9.17, 15) is 9.59 Å². The summed E-state index contributed by atoms with van der Waals surface area (Å²) < 4.78 is 15.0. The largest absolute Gasteiger partial charge is 0.497 e. The van der Waals surface area contributed by atoms with E-state index in [4.69, 9.17) is 19.2 Å². The molecule has 1 aliphatic rings. The van der Waals surface area contributed by atoms with Crippen LogP contribution in [0.2, 0.25) is 0 Å². The van der Waals surface area contributed by atoms with E-state index in [1.807, 2.05) is 6.08 Å². The molecule has 0 spiro atoms. The van der Waals surface area contributed by atoms with Gasteiger partial charge in [-0.05, 0) is 49.5 Å². The van der Waals surface area contributed by atoms with Gasteiger partial charge in [0.1, 0.15) is 12.3 Å². The first-order chi connectivity index (χ1) is 13.3. The third-order valence-corrected chi connectivity index (χ3v) is 4.31. The zero-order chi connectivity index (χ0) is 20.7. The number of hydrogen-bond acceptors (Lipinski definition) is 7. The van der Waals surface area contributed by atoms with Crippen molar-refractivity contribution in [3.63, 3.8) is 0 Å². The van der Waals surface area contributed by atoms with Crippen molar-refractivity contribution in [3.8, 4) is 5.75 Å². The molecule has 0 radical (unpaired) electrons. The Morgan fingerprint density at radius 3 is 2.61 bits per heavy atom. The van der Waals surface area contributed by atoms with Crippen LogP contribution in [-0.4, -0.2) is 45.0 Å². The number of rotatable bonds is 7. The van der Waals surface area contributed by atoms with Gasteiger partial charge in [0.2, 0.25) is 0 Å². The minimum atomic E-state index is -0.474. The second-order valence-electron chi connectivity index (χ2n) is 7.32. The van der Waals surface area contributed by atoms with Crippen molar-refractivity contribution in [3.05, 3.63) is 35.5 Å². The highest BCUT2D eigenvalue weighted by Gasteiger charge is 2.27. The molecule has 1 aromatic rings. The molecule has 0 saturated heterocycles. The number of carbonyl (C=O) groups is 2. The molecule has 0 aliphatic heterocycles. The maximum absolute atomic E-state index is 12.1. The van der Waals surface area contributed by atoms with Crippen LogP contribution in [-0.2, 0) is 14.3 Å². The fourth-order valence-electron chi connectivity index (χ4n) is 3.12. The minimum absolute atomic E-state index is 0.0392. The van der Waals surface area contributed by atoms with Crippen LogP contribution in [0.25, 0.3) is 0 Å². The van der Waals surface area contributed by atoms with Gasteiger partial charge in [-0.3, -0.25) is 9.79 Å². The summed E-state index contributed by atoms with van der Waals surface area (Å²) in [6.45, 7) is 6.51. The number of carbonyl (C=O) groups excluding carboxylic acids is 2. The third-order valence-electron chi connectivity index (χ3n) is 4.31. The first-order valence-electron chi connectivity index (χ1n) is 9.22. The van der Waals surface area contributed by atoms with Gasteiger partial charge in [-0.2, -0.15) is 0 Å². The number of benzene rings is 1. The van der Waals surface area contributed by atoms with Gasteiger partial charge in [0.05, 0.1) is 32.1 Å². The van der Waals surface area contributed by atoms with Crippen LogP contribution in [0.4, 0.5) is 5.69 Å². The average Bonchev–Trinajstić information content (AvgIpc) is 2.65. The van der Waals surface area contributed by atoms with Crippen molar-refractivity contribution >= 4 is 23.3 Å². The number of allylic oxidation sites excluding steroid dienone is 2. The molecule has 7 heteroatoms. The lowest BCUT2D eigenvalue weighted by atomic mass is 9.78. The standard InChI is InChI=1S/C21H28N2O5/c1-6-28-19(24)13-22-14-9-15(12-21(2,3)11-14)23-18-8-7-16(26-4)10-17(18)20(25)27-5/h7-10,22H,6,11-13H2,1-5H3. The molecule has 28 heavy (non-hydrogen) atoms. The maximum atomic E-state index is 12.1. The Bertz CT molecular complexity index is 796. The summed E-state index contributed by atoms with van der Waals surface area (Å²) in [5.74, 6) is -0.216. The predicted octanol–water partition coefficient (Wildman–Crippen LogP) is 3.41. The summed E-state index contributed by atoms with van der Waals surface area (Å²) in [6, 6.07) is 5.10. The Morgan fingerprint density at radius 2 is 1.96 bits per heavy atom. The molecule has 0 amide bonds. The molecule has 7 nitrogen and oxygen atoms in total. The van der Waals surface area contributed by atoms with Gasteiger partial charge in [0.15, 0.2) is 0 Å². The Morgan fingerprint density at radius 1 is 1.21 bits per heavy atom. The SMILES string of the molecule is CCOC(=O)CNC1=CC(=Nc2ccc(OC)cc2C(=O)OC)CC(C)(C)C1. The molecule has 0 aromatic heterocycles. The molecule has 0 atom stereocenters. The smallest absolute Gasteiger partial charge is 0.340 e. The Hall–Kier alpha value is -2.83. The Kier molecular flexibility index (Phi) is 7.20. The lowest BCUT2D eigenvalue weighted by Crippen LogP contribution is -2.31. The monoisotopic (exact) mass is 388 g/mol. The minimum Gasteiger partial charge on any atom is -0.497 e. The lowest BCUT2D eigenvalue weighted by Gasteiger charge is -2.31. The summed E-state index contributed by atoms with van der Waals surface area (Å²) in [4.78, 5) is 28.5. The summed E-state index contributed by atoms with van der Waals surface area (Å²) in [5.41, 5.74) is 2.55. The molecule has 0 heterocycles. The Labute approximate surface area is 165 Å². The van der Waals surface area contributed by atoms with Gasteiger partial charge >= 0.3 is 11.9 Å². The van der Waals surface area contributed by atoms with E-state index in [0.29, 0.717) is 23.6 Å². The van der Waals surface area contributed by atoms with Gasteiger partial charge in [0.25, 0.3) is 0 Å². The molecule has 1 aliphatic carbocycles. The molecule has 0 unspecified atom stereocenters. The van der Waals surface area contributed by atoms with Crippen molar-refractivity contribution in [2.75, 3.05) is 27.4 Å². The van der Waals surface area contributed by atoms with Gasteiger partial charge in [-0.1, -0.05) is 13.8 Å². The number of nitrogens with zero attached hydrogens (tertiary/aromatic N) is 1. The Balaban J connectivity index is 2.33. The van der Waals surface area contributed by atoms with Crippen LogP contribution >= 0.6 is 0 Å². The molecule has 2 rings (SSSR count). The van der Waals surface area contributed by atoms with E-state index in [2.05, 4.69) is 19.2 Å². The lowest BCUT2D eigenvalue weighted by molar-refractivity contribution is -0.141. The van der Waals surface area contributed by atoms with E-state index < -0.39 is 5.97 Å². The van der Waals surface area contributed by atoms with E-state index in [-0.39, 0.29) is 17.9 Å². The number of esters is 2. The first kappa shape index (κ1) is 21.5. The van der Waals surface area contributed by atoms with Gasteiger partial charge < -0.3 is 19.5 Å². The molecule has 0 saturated carbocycles. The molecule has 1 N–H and O–H groups in total. The second-order valence-corrected chi connectivity index (χ2v) is 7.32. The van der Waals surface area contributed by atoms with Crippen LogP contribution in [0.1, 0.15) is 44.0 Å². The van der Waals surface area contributed by atoms with E-state index >= 15 is 0 Å². The van der Waals surface area contributed by atoms with Crippen molar-refractivity contribution in [2.24, 2.45) is 10.4 Å². The number of methoxy groups -OCH3 is 2. The fraction of sp³-hybridized carbons (Fsp3) is 0.476. The van der Waals surface area contributed by atoms with E-state index in [1.165, 1.54) is 14.2 Å². The molecule has 0 fully saturated rings. The van der Waals surface area contributed by atoms with Crippen LogP contribution in [0.3, 0.4) is 0 Å². The zero-order valence-electron chi connectivity index (χ0n) is 17.1. The van der Waals surface area contributed by atoms with Crippen molar-refractivity contribution in [2.45, 2.75) is 33.6 Å². The summed E-state index contributed by atoms with van der Waals surface area (Å²) in [5, 5.41) is 3.14. The topological polar surface area (TPSA) is 86.2 Å². The number of aliphatic imine (C=N–C) groups is 1. The fourth-order valence-corrected chi connectivity index (χ4v) is 3.12. The molecule has 1 aromatic carbocycles. The molecular formula is C21H28N2O5. The molecule has 0 bridgehead atoms. The van der Waals surface area contributed by atoms with Crippen LogP contribution in [0.15, 0.2) is 35.0 Å². The highest BCUT2D eigenvalue weighted by Crippen LogP contribution is 2.35. The second kappa shape index (κ2) is 9.39. The quantitative estimate of drug-likeness (QED) is 0.721. The number of nitrogens with one attached hydrogen (secondary N) is 1. The van der Waals surface area contributed by atoms with Gasteiger partial charge in [-0.25, -0.2) is 4.79 Å². The molecular weight excluding hydrogens is 360 g/mol. The first-order valence-corrected chi connectivity index (χ1v) is 9.22. The number of ether oxygens (including phenoxy) is 3. The summed E-state index contributed by atoms with van der Waals surface area (Å²) in [7, 11) is 2.87. The highest BCUT2D eigenvalue weighted by atomic mass is 16.5. The average molecular weight is 388 g/mol. The number of hydrogen-bond donors (Lipinski definition) is 1. The third kappa shape index (κ3) is 5.84. The maximum Gasteiger partial charge on any atom is 0.340 e.